The number of halogens is 2. The van der Waals surface area contributed by atoms with E-state index >= 15 is 0 Å². The molecule has 0 spiro atoms. The summed E-state index contributed by atoms with van der Waals surface area (Å²) in [6.07, 6.45) is 0. The van der Waals surface area contributed by atoms with E-state index in [1.54, 1.807) is 38.1 Å². The minimum Gasteiger partial charge on any atom is -0.345 e. The lowest BCUT2D eigenvalue weighted by Crippen LogP contribution is -2.39. The maximum absolute atomic E-state index is 11.5. The fourth-order valence-corrected chi connectivity index (χ4v) is 1.66. The SMILES string of the molecule is CC(NC(=O)[C@H](C)N)c1noc(-c2ccc(Cl)cc2)n1.Cl. The van der Waals surface area contributed by atoms with E-state index in [-0.39, 0.29) is 24.4 Å². The normalized spacial score (nSPS) is 13.1. The Balaban J connectivity index is 0.00000220. The minimum absolute atomic E-state index is 0. The van der Waals surface area contributed by atoms with E-state index in [1.165, 1.54) is 0 Å². The van der Waals surface area contributed by atoms with Crippen molar-refractivity contribution in [1.82, 2.24) is 15.5 Å². The summed E-state index contributed by atoms with van der Waals surface area (Å²) in [6.45, 7) is 3.37. The summed E-state index contributed by atoms with van der Waals surface area (Å²) in [5, 5.41) is 7.18. The second-order valence-electron chi connectivity index (χ2n) is 4.48. The average Bonchev–Trinajstić information content (AvgIpc) is 2.89. The van der Waals surface area contributed by atoms with Gasteiger partial charge in [-0.15, -0.1) is 12.4 Å². The summed E-state index contributed by atoms with van der Waals surface area (Å²) in [5.74, 6) is 0.498. The van der Waals surface area contributed by atoms with E-state index in [1.807, 2.05) is 0 Å². The van der Waals surface area contributed by atoms with E-state index in [0.29, 0.717) is 16.7 Å². The van der Waals surface area contributed by atoms with Gasteiger partial charge in [0.1, 0.15) is 0 Å². The fourth-order valence-electron chi connectivity index (χ4n) is 1.53. The first-order valence-corrected chi connectivity index (χ1v) is 6.50. The lowest BCUT2D eigenvalue weighted by atomic mass is 10.2. The van der Waals surface area contributed by atoms with Crippen LogP contribution < -0.4 is 11.1 Å². The molecule has 114 valence electrons. The monoisotopic (exact) mass is 330 g/mol. The highest BCUT2D eigenvalue weighted by Crippen LogP contribution is 2.21. The maximum atomic E-state index is 11.5. The van der Waals surface area contributed by atoms with E-state index < -0.39 is 6.04 Å². The molecule has 1 heterocycles. The number of nitrogens with two attached hydrogens (primary N) is 1. The van der Waals surface area contributed by atoms with Crippen LogP contribution in [-0.4, -0.2) is 22.1 Å². The van der Waals surface area contributed by atoms with Crippen LogP contribution in [0.15, 0.2) is 28.8 Å². The number of nitrogens with one attached hydrogen (secondary N) is 1. The van der Waals surface area contributed by atoms with Gasteiger partial charge >= 0.3 is 0 Å². The van der Waals surface area contributed by atoms with Crippen LogP contribution in [0.2, 0.25) is 5.02 Å². The first kappa shape index (κ1) is 17.4. The van der Waals surface area contributed by atoms with Gasteiger partial charge in [-0.1, -0.05) is 16.8 Å². The Hall–Kier alpha value is -1.63. The zero-order valence-electron chi connectivity index (χ0n) is 11.5. The van der Waals surface area contributed by atoms with E-state index in [2.05, 4.69) is 15.5 Å². The Bertz CT molecular complexity index is 598. The van der Waals surface area contributed by atoms with E-state index in [4.69, 9.17) is 21.9 Å². The molecule has 0 saturated carbocycles. The minimum atomic E-state index is -0.583. The highest BCUT2D eigenvalue weighted by molar-refractivity contribution is 6.30. The van der Waals surface area contributed by atoms with Crippen molar-refractivity contribution >= 4 is 29.9 Å². The van der Waals surface area contributed by atoms with Crippen LogP contribution in [0.1, 0.15) is 25.7 Å². The van der Waals surface area contributed by atoms with Crippen LogP contribution in [0, 0.1) is 0 Å². The third kappa shape index (κ3) is 4.42. The fraction of sp³-hybridized carbons (Fsp3) is 0.308. The molecule has 2 atom stereocenters. The molecule has 0 saturated heterocycles. The van der Waals surface area contributed by atoms with E-state index in [9.17, 15) is 4.79 Å². The largest absolute Gasteiger partial charge is 0.345 e. The van der Waals surface area contributed by atoms with Gasteiger partial charge in [-0.05, 0) is 38.1 Å². The molecule has 3 N–H and O–H groups in total. The van der Waals surface area contributed by atoms with Gasteiger partial charge in [0.2, 0.25) is 5.91 Å². The Kier molecular flexibility index (Phi) is 6.14. The number of carbonyl (C=O) groups is 1. The molecule has 0 aliphatic heterocycles. The van der Waals surface area contributed by atoms with Gasteiger partial charge in [0, 0.05) is 10.6 Å². The zero-order valence-corrected chi connectivity index (χ0v) is 13.1. The number of amides is 1. The molecule has 0 radical (unpaired) electrons. The molecule has 21 heavy (non-hydrogen) atoms. The summed E-state index contributed by atoms with van der Waals surface area (Å²) in [5.41, 5.74) is 6.25. The highest BCUT2D eigenvalue weighted by atomic mass is 35.5. The van der Waals surface area contributed by atoms with Gasteiger partial charge in [-0.3, -0.25) is 4.79 Å². The van der Waals surface area contributed by atoms with Crippen molar-refractivity contribution in [2.24, 2.45) is 5.73 Å². The van der Waals surface area contributed by atoms with Crippen LogP contribution in [0.25, 0.3) is 11.5 Å². The topological polar surface area (TPSA) is 94.0 Å². The quantitative estimate of drug-likeness (QED) is 0.897. The van der Waals surface area contributed by atoms with Crippen LogP contribution >= 0.6 is 24.0 Å². The Morgan fingerprint density at radius 2 is 1.95 bits per heavy atom. The standard InChI is InChI=1S/C13H15ClN4O2.ClH/c1-7(15)12(19)16-8(2)11-17-13(20-18-11)9-3-5-10(14)6-4-9;/h3-8H,15H2,1-2H3,(H,16,19);1H/t7-,8?;/m0./s1. The number of hydrogen-bond acceptors (Lipinski definition) is 5. The molecular formula is C13H16Cl2N4O2. The molecule has 1 unspecified atom stereocenters. The van der Waals surface area contributed by atoms with Crippen LogP contribution in [0.5, 0.6) is 0 Å². The Labute approximate surface area is 133 Å². The Morgan fingerprint density at radius 3 is 2.52 bits per heavy atom. The summed E-state index contributed by atoms with van der Waals surface area (Å²) in [7, 11) is 0. The van der Waals surface area contributed by atoms with E-state index in [0.717, 1.165) is 5.56 Å². The predicted molar refractivity (Wildman–Crippen MR) is 82.2 cm³/mol. The molecular weight excluding hydrogens is 315 g/mol. The lowest BCUT2D eigenvalue weighted by molar-refractivity contribution is -0.122. The third-order valence-corrected chi connectivity index (χ3v) is 2.94. The molecule has 8 heteroatoms. The van der Waals surface area contributed by atoms with Crippen molar-refractivity contribution in [1.29, 1.82) is 0 Å². The second kappa shape index (κ2) is 7.40. The molecule has 1 amide bonds. The molecule has 0 aliphatic carbocycles. The number of benzene rings is 1. The number of carbonyl (C=O) groups excluding carboxylic acids is 1. The number of aromatic nitrogens is 2. The first-order chi connectivity index (χ1) is 9.47. The summed E-state index contributed by atoms with van der Waals surface area (Å²) in [4.78, 5) is 15.7. The van der Waals surface area contributed by atoms with Crippen molar-refractivity contribution in [3.8, 4) is 11.5 Å². The van der Waals surface area contributed by atoms with Crippen molar-refractivity contribution < 1.29 is 9.32 Å². The number of rotatable bonds is 4. The van der Waals surface area contributed by atoms with Gasteiger partial charge < -0.3 is 15.6 Å². The van der Waals surface area contributed by atoms with Crippen LogP contribution in [0.3, 0.4) is 0 Å². The first-order valence-electron chi connectivity index (χ1n) is 6.13. The van der Waals surface area contributed by atoms with Crippen LogP contribution in [-0.2, 0) is 4.79 Å². The summed E-state index contributed by atoms with van der Waals surface area (Å²) >= 11 is 5.82. The predicted octanol–water partition coefficient (Wildman–Crippen LogP) is 2.34. The highest BCUT2D eigenvalue weighted by Gasteiger charge is 2.18. The molecule has 1 aromatic carbocycles. The second-order valence-corrected chi connectivity index (χ2v) is 4.92. The van der Waals surface area contributed by atoms with Gasteiger partial charge in [-0.2, -0.15) is 4.98 Å². The van der Waals surface area contributed by atoms with Gasteiger partial charge in [0.05, 0.1) is 12.1 Å². The third-order valence-electron chi connectivity index (χ3n) is 2.69. The zero-order chi connectivity index (χ0) is 14.7. The van der Waals surface area contributed by atoms with Crippen molar-refractivity contribution in [2.75, 3.05) is 0 Å². The molecule has 1 aromatic heterocycles. The summed E-state index contributed by atoms with van der Waals surface area (Å²) < 4.78 is 5.17. The Morgan fingerprint density at radius 1 is 1.33 bits per heavy atom. The lowest BCUT2D eigenvalue weighted by Gasteiger charge is -2.11. The van der Waals surface area contributed by atoms with Crippen molar-refractivity contribution in [2.45, 2.75) is 25.9 Å². The molecule has 0 fully saturated rings. The van der Waals surface area contributed by atoms with Crippen molar-refractivity contribution in [3.63, 3.8) is 0 Å². The van der Waals surface area contributed by atoms with Gasteiger partial charge in [0.25, 0.3) is 5.89 Å². The average molecular weight is 331 g/mol. The molecule has 6 nitrogen and oxygen atoms in total. The molecule has 2 rings (SSSR count). The van der Waals surface area contributed by atoms with Gasteiger partial charge in [-0.25, -0.2) is 0 Å². The molecule has 0 bridgehead atoms. The summed E-state index contributed by atoms with van der Waals surface area (Å²) in [6, 6.07) is 6.08. The smallest absolute Gasteiger partial charge is 0.257 e. The molecule has 0 aliphatic rings. The number of nitrogens with zero attached hydrogens (tertiary/aromatic N) is 2. The molecule has 2 aromatic rings. The van der Waals surface area contributed by atoms with Crippen LogP contribution in [0.4, 0.5) is 0 Å². The number of hydrogen-bond donors (Lipinski definition) is 2. The maximum Gasteiger partial charge on any atom is 0.257 e. The van der Waals surface area contributed by atoms with Crippen molar-refractivity contribution in [3.05, 3.63) is 35.1 Å². The van der Waals surface area contributed by atoms with Gasteiger partial charge in [0.15, 0.2) is 5.82 Å².